The van der Waals surface area contributed by atoms with Gasteiger partial charge in [0.25, 0.3) is 5.56 Å². The molecule has 0 aliphatic rings. The van der Waals surface area contributed by atoms with Crippen LogP contribution >= 0.6 is 22.7 Å². The number of nitrogen functional groups attached to an aromatic ring is 1. The molecule has 0 unspecified atom stereocenters. The molecule has 0 atom stereocenters. The molecule has 0 amide bonds. The van der Waals surface area contributed by atoms with E-state index in [1.807, 2.05) is 16.8 Å². The van der Waals surface area contributed by atoms with Crippen LogP contribution in [-0.2, 0) is 30.0 Å². The van der Waals surface area contributed by atoms with Gasteiger partial charge in [-0.25, -0.2) is 9.78 Å². The predicted molar refractivity (Wildman–Crippen MR) is 106 cm³/mol. The maximum Gasteiger partial charge on any atom is 0.332 e. The highest BCUT2D eigenvalue weighted by atomic mass is 32.1. The summed E-state index contributed by atoms with van der Waals surface area (Å²) >= 11 is 2.96. The molecule has 11 heteroatoms. The minimum Gasteiger partial charge on any atom is -0.457 e. The molecule has 146 valence electrons. The number of hydrogen-bond acceptors (Lipinski definition) is 9. The summed E-state index contributed by atoms with van der Waals surface area (Å²) in [5.74, 6) is -1.70. The van der Waals surface area contributed by atoms with Gasteiger partial charge < -0.3 is 10.5 Å². The Labute approximate surface area is 166 Å². The van der Waals surface area contributed by atoms with Crippen molar-refractivity contribution in [2.45, 2.75) is 6.42 Å². The molecule has 0 spiro atoms. The Morgan fingerprint density at radius 2 is 1.96 bits per heavy atom. The molecule has 0 bridgehead atoms. The first-order chi connectivity index (χ1) is 13.3. The third kappa shape index (κ3) is 3.80. The minimum absolute atomic E-state index is 0.102. The fraction of sp³-hybridized carbons (Fsp3) is 0.235. The van der Waals surface area contributed by atoms with Crippen LogP contribution in [0.3, 0.4) is 0 Å². The molecule has 28 heavy (non-hydrogen) atoms. The maximum absolute atomic E-state index is 12.3. The number of Topliss-reactive ketones (excluding diaryl/α,β-unsaturated/α-hetero) is 1. The average Bonchev–Trinajstić information content (AvgIpc) is 3.35. The molecule has 3 rings (SSSR count). The number of esters is 1. The summed E-state index contributed by atoms with van der Waals surface area (Å²) in [4.78, 5) is 52.7. The highest BCUT2D eigenvalue weighted by Gasteiger charge is 2.21. The van der Waals surface area contributed by atoms with Crippen molar-refractivity contribution < 1.29 is 14.3 Å². The van der Waals surface area contributed by atoms with E-state index in [-0.39, 0.29) is 17.8 Å². The van der Waals surface area contributed by atoms with Crippen LogP contribution in [0, 0.1) is 0 Å². The van der Waals surface area contributed by atoms with Gasteiger partial charge in [0.2, 0.25) is 5.78 Å². The Morgan fingerprint density at radius 1 is 1.21 bits per heavy atom. The molecular weight excluding hydrogens is 404 g/mol. The van der Waals surface area contributed by atoms with Crippen LogP contribution in [0.15, 0.2) is 31.8 Å². The van der Waals surface area contributed by atoms with E-state index in [0.29, 0.717) is 5.69 Å². The number of thiazole rings is 1. The number of nitrogens with two attached hydrogens (primary N) is 1. The fourth-order valence-corrected chi connectivity index (χ4v) is 3.98. The largest absolute Gasteiger partial charge is 0.457 e. The molecule has 3 heterocycles. The van der Waals surface area contributed by atoms with E-state index in [1.165, 1.54) is 25.4 Å². The van der Waals surface area contributed by atoms with Gasteiger partial charge in [-0.3, -0.25) is 23.5 Å². The SMILES string of the molecule is Cn1c(N)c(C(=O)COC(=O)Cc2csc(-c3ccsc3)n2)c(=O)n(C)c1=O. The summed E-state index contributed by atoms with van der Waals surface area (Å²) in [5, 5.41) is 6.43. The summed E-state index contributed by atoms with van der Waals surface area (Å²) in [5.41, 5.74) is 5.35. The molecule has 0 aliphatic heterocycles. The lowest BCUT2D eigenvalue weighted by Gasteiger charge is -2.10. The van der Waals surface area contributed by atoms with Crippen LogP contribution in [-0.4, -0.2) is 32.5 Å². The highest BCUT2D eigenvalue weighted by molar-refractivity contribution is 7.14. The number of hydrogen-bond donors (Lipinski definition) is 1. The third-order valence-electron chi connectivity index (χ3n) is 4.00. The Morgan fingerprint density at radius 3 is 2.64 bits per heavy atom. The van der Waals surface area contributed by atoms with E-state index < -0.39 is 29.6 Å². The van der Waals surface area contributed by atoms with Gasteiger partial charge in [0.05, 0.1) is 12.1 Å². The molecule has 2 N–H and O–H groups in total. The topological polar surface area (TPSA) is 126 Å². The molecule has 0 saturated heterocycles. The molecule has 0 aliphatic carbocycles. The first-order valence-electron chi connectivity index (χ1n) is 8.01. The van der Waals surface area contributed by atoms with E-state index >= 15 is 0 Å². The molecule has 0 saturated carbocycles. The Kier molecular flexibility index (Phi) is 5.56. The number of ketones is 1. The van der Waals surface area contributed by atoms with Gasteiger partial charge in [0.1, 0.15) is 16.4 Å². The number of aromatic nitrogens is 3. The maximum atomic E-state index is 12.3. The number of ether oxygens (including phenoxy) is 1. The van der Waals surface area contributed by atoms with Crippen LogP contribution in [0.4, 0.5) is 5.82 Å². The minimum atomic E-state index is -0.832. The Balaban J connectivity index is 1.66. The standard InChI is InChI=1S/C17H16N4O5S2/c1-20-14(18)13(16(24)21(2)17(20)25)11(22)6-26-12(23)5-10-8-28-15(19-10)9-3-4-27-7-9/h3-4,7-8H,5-6,18H2,1-2H3. The fourth-order valence-electron chi connectivity index (χ4n) is 2.45. The van der Waals surface area contributed by atoms with Crippen LogP contribution in [0.1, 0.15) is 16.1 Å². The first kappa shape index (κ1) is 19.7. The van der Waals surface area contributed by atoms with Gasteiger partial charge in [0.15, 0.2) is 6.61 Å². The lowest BCUT2D eigenvalue weighted by Crippen LogP contribution is -2.42. The van der Waals surface area contributed by atoms with Gasteiger partial charge in [0, 0.05) is 30.4 Å². The second-order valence-electron chi connectivity index (χ2n) is 5.88. The van der Waals surface area contributed by atoms with Gasteiger partial charge in [-0.15, -0.1) is 11.3 Å². The summed E-state index contributed by atoms with van der Waals surface area (Å²) in [6, 6.07) is 1.93. The van der Waals surface area contributed by atoms with E-state index in [2.05, 4.69) is 4.98 Å². The summed E-state index contributed by atoms with van der Waals surface area (Å²) < 4.78 is 6.72. The monoisotopic (exact) mass is 420 g/mol. The molecule has 3 aromatic heterocycles. The van der Waals surface area contributed by atoms with Gasteiger partial charge >= 0.3 is 11.7 Å². The zero-order chi connectivity index (χ0) is 20.4. The van der Waals surface area contributed by atoms with Crippen LogP contribution in [0.25, 0.3) is 10.6 Å². The molecule has 0 aromatic carbocycles. The lowest BCUT2D eigenvalue weighted by atomic mass is 10.2. The third-order valence-corrected chi connectivity index (χ3v) is 5.62. The zero-order valence-corrected chi connectivity index (χ0v) is 16.6. The molecular formula is C17H16N4O5S2. The van der Waals surface area contributed by atoms with E-state index in [0.717, 1.165) is 19.7 Å². The first-order valence-corrected chi connectivity index (χ1v) is 9.83. The molecule has 9 nitrogen and oxygen atoms in total. The predicted octanol–water partition coefficient (Wildman–Crippen LogP) is 0.820. The number of anilines is 1. The van der Waals surface area contributed by atoms with Crippen molar-refractivity contribution in [3.63, 3.8) is 0 Å². The summed E-state index contributed by atoms with van der Waals surface area (Å²) in [6.45, 7) is -0.655. The van der Waals surface area contributed by atoms with Crippen molar-refractivity contribution in [3.8, 4) is 10.6 Å². The van der Waals surface area contributed by atoms with Crippen LogP contribution < -0.4 is 17.0 Å². The van der Waals surface area contributed by atoms with Crippen molar-refractivity contribution in [2.75, 3.05) is 12.3 Å². The normalized spacial score (nSPS) is 10.8. The van der Waals surface area contributed by atoms with Crippen LogP contribution in [0.5, 0.6) is 0 Å². The number of carbonyl (C=O) groups is 2. The summed E-state index contributed by atoms with van der Waals surface area (Å²) in [7, 11) is 2.58. The number of thiophene rings is 1. The van der Waals surface area contributed by atoms with Crippen molar-refractivity contribution in [2.24, 2.45) is 14.1 Å². The second-order valence-corrected chi connectivity index (χ2v) is 7.52. The smallest absolute Gasteiger partial charge is 0.332 e. The van der Waals surface area contributed by atoms with Crippen molar-refractivity contribution in [3.05, 3.63) is 54.3 Å². The highest BCUT2D eigenvalue weighted by Crippen LogP contribution is 2.25. The Bertz CT molecular complexity index is 1160. The van der Waals surface area contributed by atoms with E-state index in [4.69, 9.17) is 10.5 Å². The van der Waals surface area contributed by atoms with E-state index in [9.17, 15) is 19.2 Å². The van der Waals surface area contributed by atoms with Crippen LogP contribution in [0.2, 0.25) is 0 Å². The quantitative estimate of drug-likeness (QED) is 0.462. The lowest BCUT2D eigenvalue weighted by molar-refractivity contribution is -0.141. The molecule has 0 radical (unpaired) electrons. The van der Waals surface area contributed by atoms with Crippen molar-refractivity contribution in [1.29, 1.82) is 0 Å². The molecule has 0 fully saturated rings. The Hall–Kier alpha value is -3.05. The number of rotatable bonds is 6. The van der Waals surface area contributed by atoms with Crippen molar-refractivity contribution in [1.82, 2.24) is 14.1 Å². The van der Waals surface area contributed by atoms with Gasteiger partial charge in [-0.05, 0) is 11.4 Å². The molecule has 3 aromatic rings. The zero-order valence-electron chi connectivity index (χ0n) is 15.0. The number of carbonyl (C=O) groups excluding carboxylic acids is 2. The summed E-state index contributed by atoms with van der Waals surface area (Å²) in [6.07, 6.45) is -0.102. The van der Waals surface area contributed by atoms with Crippen molar-refractivity contribution >= 4 is 40.2 Å². The van der Waals surface area contributed by atoms with E-state index in [1.54, 1.807) is 16.7 Å². The van der Waals surface area contributed by atoms with Gasteiger partial charge in [-0.2, -0.15) is 11.3 Å². The average molecular weight is 420 g/mol. The number of nitrogens with zero attached hydrogens (tertiary/aromatic N) is 3. The van der Waals surface area contributed by atoms with Gasteiger partial charge in [-0.1, -0.05) is 0 Å². The second kappa shape index (κ2) is 7.90.